The standard InChI is InChI=1S/C18H21N3O9/c22-12-4-5-13(23)30-15-14(29-12)10(8-27-17(24)9-2-1-3-9)28-16(15)21-7-6-11(20-26)19-18(21)25/h4-7,9-10,12,14-16,22,26H,1-3,8H2,(H,19,20,25)/b5-4-/t10-,12?,14-,15-,16-/m1/s1. The molecular weight excluding hydrogens is 402 g/mol. The van der Waals surface area contributed by atoms with E-state index in [0.717, 1.165) is 36.0 Å². The summed E-state index contributed by atoms with van der Waals surface area (Å²) in [6.07, 6.45) is 0.265. The van der Waals surface area contributed by atoms with Crippen LogP contribution >= 0.6 is 0 Å². The van der Waals surface area contributed by atoms with Gasteiger partial charge in [-0.25, -0.2) is 9.59 Å². The summed E-state index contributed by atoms with van der Waals surface area (Å²) in [4.78, 5) is 40.1. The van der Waals surface area contributed by atoms with Crippen LogP contribution in [0.25, 0.3) is 0 Å². The van der Waals surface area contributed by atoms with Crippen LogP contribution in [0.1, 0.15) is 25.5 Å². The van der Waals surface area contributed by atoms with Crippen LogP contribution < -0.4 is 11.2 Å². The van der Waals surface area contributed by atoms with E-state index in [1.165, 1.54) is 12.3 Å². The number of nitrogens with one attached hydrogen (secondary N) is 1. The number of aliphatic hydroxyl groups is 1. The third kappa shape index (κ3) is 4.07. The quantitative estimate of drug-likeness (QED) is 0.413. The van der Waals surface area contributed by atoms with Gasteiger partial charge in [0.15, 0.2) is 24.4 Å². The third-order valence-corrected chi connectivity index (χ3v) is 5.28. The summed E-state index contributed by atoms with van der Waals surface area (Å²) >= 11 is 0. The van der Waals surface area contributed by atoms with Gasteiger partial charge in [0, 0.05) is 12.3 Å². The van der Waals surface area contributed by atoms with Crippen LogP contribution in [0.5, 0.6) is 0 Å². The van der Waals surface area contributed by atoms with Crippen molar-refractivity contribution in [1.82, 2.24) is 9.55 Å². The van der Waals surface area contributed by atoms with Crippen LogP contribution in [0.3, 0.4) is 0 Å². The normalized spacial score (nSPS) is 32.2. The number of hydrogen-bond acceptors (Lipinski definition) is 11. The van der Waals surface area contributed by atoms with Crippen LogP contribution in [-0.2, 0) is 28.5 Å². The number of hydrogen-bond donors (Lipinski definition) is 3. The van der Waals surface area contributed by atoms with Gasteiger partial charge in [0.2, 0.25) is 0 Å². The maximum Gasteiger partial charge on any atom is 0.351 e. The van der Waals surface area contributed by atoms with Crippen molar-refractivity contribution in [3.63, 3.8) is 0 Å². The topological polar surface area (TPSA) is 158 Å². The summed E-state index contributed by atoms with van der Waals surface area (Å²) in [5, 5.41) is 18.9. The van der Waals surface area contributed by atoms with Gasteiger partial charge in [0.05, 0.1) is 5.92 Å². The minimum absolute atomic E-state index is 0.0824. The molecule has 30 heavy (non-hydrogen) atoms. The molecule has 2 aliphatic heterocycles. The van der Waals surface area contributed by atoms with Gasteiger partial charge < -0.3 is 24.1 Å². The van der Waals surface area contributed by atoms with Crippen LogP contribution in [0.15, 0.2) is 29.2 Å². The summed E-state index contributed by atoms with van der Waals surface area (Å²) in [5.74, 6) is -1.35. The molecule has 0 bridgehead atoms. The molecule has 5 atom stereocenters. The highest BCUT2D eigenvalue weighted by Crippen LogP contribution is 2.35. The van der Waals surface area contributed by atoms with Crippen molar-refractivity contribution < 1.29 is 38.9 Å². The Morgan fingerprint density at radius 3 is 2.77 bits per heavy atom. The predicted molar refractivity (Wildman–Crippen MR) is 96.0 cm³/mol. The summed E-state index contributed by atoms with van der Waals surface area (Å²) in [5.41, 5.74) is 0.969. The maximum absolute atomic E-state index is 12.4. The molecule has 12 heteroatoms. The van der Waals surface area contributed by atoms with Crippen LogP contribution in [-0.4, -0.2) is 63.0 Å². The van der Waals surface area contributed by atoms with E-state index < -0.39 is 42.5 Å². The number of nitrogens with zero attached hydrogens (tertiary/aromatic N) is 2. The second-order valence-electron chi connectivity index (χ2n) is 7.19. The molecule has 3 heterocycles. The fourth-order valence-electron chi connectivity index (χ4n) is 3.49. The maximum atomic E-state index is 12.4. The third-order valence-electron chi connectivity index (χ3n) is 5.28. The molecule has 4 rings (SSSR count). The number of carbonyl (C=O) groups is 2. The Kier molecular flexibility index (Phi) is 5.81. The lowest BCUT2D eigenvalue weighted by Crippen LogP contribution is -2.44. The molecule has 2 fully saturated rings. The first-order valence-electron chi connectivity index (χ1n) is 9.50. The van der Waals surface area contributed by atoms with Crippen molar-refractivity contribution in [1.29, 1.82) is 0 Å². The molecule has 12 nitrogen and oxygen atoms in total. The Balaban J connectivity index is 1.59. The van der Waals surface area contributed by atoms with E-state index in [2.05, 4.69) is 4.98 Å². The van der Waals surface area contributed by atoms with Crippen molar-refractivity contribution in [2.24, 2.45) is 5.92 Å². The fourth-order valence-corrected chi connectivity index (χ4v) is 3.49. The second-order valence-corrected chi connectivity index (χ2v) is 7.19. The Hall–Kier alpha value is -2.80. The molecule has 1 saturated heterocycles. The van der Waals surface area contributed by atoms with Gasteiger partial charge in [-0.15, -0.1) is 0 Å². The molecule has 1 aliphatic carbocycles. The molecule has 0 aromatic carbocycles. The second kappa shape index (κ2) is 8.52. The molecule has 3 N–H and O–H groups in total. The van der Waals surface area contributed by atoms with E-state index in [4.69, 9.17) is 24.2 Å². The van der Waals surface area contributed by atoms with Crippen molar-refractivity contribution in [3.05, 3.63) is 34.9 Å². The van der Waals surface area contributed by atoms with Crippen LogP contribution in [0, 0.1) is 5.92 Å². The van der Waals surface area contributed by atoms with E-state index in [9.17, 15) is 19.5 Å². The summed E-state index contributed by atoms with van der Waals surface area (Å²) < 4.78 is 23.2. The summed E-state index contributed by atoms with van der Waals surface area (Å²) in [6.45, 7) is -0.209. The highest BCUT2D eigenvalue weighted by atomic mass is 16.7. The van der Waals surface area contributed by atoms with Crippen molar-refractivity contribution in [2.45, 2.75) is 50.1 Å². The number of fused-ring (bicyclic) bond motifs is 1. The first kappa shape index (κ1) is 20.5. The summed E-state index contributed by atoms with van der Waals surface area (Å²) in [7, 11) is 0. The minimum atomic E-state index is -1.42. The Bertz CT molecular complexity index is 897. The van der Waals surface area contributed by atoms with E-state index in [1.54, 1.807) is 5.48 Å². The van der Waals surface area contributed by atoms with E-state index in [1.807, 2.05) is 0 Å². The van der Waals surface area contributed by atoms with E-state index in [0.29, 0.717) is 0 Å². The molecule has 162 valence electrons. The van der Waals surface area contributed by atoms with Gasteiger partial charge in [0.25, 0.3) is 0 Å². The number of aliphatic hydroxyl groups excluding tert-OH is 1. The first-order valence-corrected chi connectivity index (χ1v) is 9.50. The van der Waals surface area contributed by atoms with Gasteiger partial charge >= 0.3 is 17.6 Å². The molecular formula is C18H21N3O9. The molecule has 0 amide bonds. The zero-order chi connectivity index (χ0) is 21.3. The van der Waals surface area contributed by atoms with Crippen molar-refractivity contribution in [3.8, 4) is 0 Å². The number of anilines is 1. The Morgan fingerprint density at radius 1 is 1.30 bits per heavy atom. The molecule has 0 radical (unpaired) electrons. The van der Waals surface area contributed by atoms with Gasteiger partial charge in [0.1, 0.15) is 18.8 Å². The van der Waals surface area contributed by atoms with Crippen LogP contribution in [0.2, 0.25) is 0 Å². The first-order chi connectivity index (χ1) is 14.5. The fraction of sp³-hybridized carbons (Fsp3) is 0.556. The predicted octanol–water partition coefficient (Wildman–Crippen LogP) is -0.530. The van der Waals surface area contributed by atoms with Gasteiger partial charge in [-0.1, -0.05) is 6.42 Å². The Morgan fingerprint density at radius 2 is 2.10 bits per heavy atom. The van der Waals surface area contributed by atoms with E-state index in [-0.39, 0.29) is 24.3 Å². The Labute approximate surface area is 170 Å². The average Bonchev–Trinajstić information content (AvgIpc) is 2.98. The number of esters is 2. The zero-order valence-corrected chi connectivity index (χ0v) is 15.7. The molecule has 0 spiro atoms. The lowest BCUT2D eigenvalue weighted by atomic mass is 9.86. The lowest BCUT2D eigenvalue weighted by Gasteiger charge is -2.28. The molecule has 1 aromatic rings. The van der Waals surface area contributed by atoms with Gasteiger partial charge in [-0.3, -0.25) is 20.0 Å². The number of rotatable bonds is 5. The summed E-state index contributed by atoms with van der Waals surface area (Å²) in [6, 6.07) is 1.31. The van der Waals surface area contributed by atoms with Gasteiger partial charge in [-0.2, -0.15) is 4.98 Å². The van der Waals surface area contributed by atoms with Crippen molar-refractivity contribution in [2.75, 3.05) is 12.1 Å². The van der Waals surface area contributed by atoms with E-state index >= 15 is 0 Å². The SMILES string of the molecule is O=C1/C=C\C(O)O[C@H]2[C@@H](O1)[C@H](n1ccc(NO)nc1=O)O[C@@H]2COC(=O)C1CCC1. The number of ether oxygens (including phenoxy) is 4. The highest BCUT2D eigenvalue weighted by Gasteiger charge is 2.51. The number of carbonyl (C=O) groups excluding carboxylic acids is 2. The zero-order valence-electron chi connectivity index (χ0n) is 15.7. The molecule has 1 unspecified atom stereocenters. The largest absolute Gasteiger partial charge is 0.463 e. The van der Waals surface area contributed by atoms with Crippen molar-refractivity contribution >= 4 is 17.8 Å². The molecule has 1 aromatic heterocycles. The highest BCUT2D eigenvalue weighted by molar-refractivity contribution is 5.82. The molecule has 1 saturated carbocycles. The molecule has 3 aliphatic rings. The average molecular weight is 423 g/mol. The lowest BCUT2D eigenvalue weighted by molar-refractivity contribution is -0.177. The minimum Gasteiger partial charge on any atom is -0.463 e. The monoisotopic (exact) mass is 423 g/mol. The smallest absolute Gasteiger partial charge is 0.351 e. The van der Waals surface area contributed by atoms with Crippen LogP contribution in [0.4, 0.5) is 5.82 Å². The number of aromatic nitrogens is 2. The van der Waals surface area contributed by atoms with Gasteiger partial charge in [-0.05, 0) is 25.0 Å².